The largest absolute Gasteiger partial charge is 0.486 e. The summed E-state index contributed by atoms with van der Waals surface area (Å²) in [5.74, 6) is 2.04. The molecule has 8 heteroatoms. The van der Waals surface area contributed by atoms with Gasteiger partial charge in [-0.15, -0.1) is 0 Å². The maximum Gasteiger partial charge on any atom is 0.216 e. The van der Waals surface area contributed by atoms with Crippen LogP contribution in [0.5, 0.6) is 5.75 Å². The highest BCUT2D eigenvalue weighted by atomic mass is 35.5. The molecule has 0 atom stereocenters. The van der Waals surface area contributed by atoms with Crippen LogP contribution in [0.4, 0.5) is 0 Å². The molecule has 0 bridgehead atoms. The fraction of sp³-hybridized carbons (Fsp3) is 0.188. The number of aromatic nitrogens is 3. The zero-order chi connectivity index (χ0) is 17.1. The summed E-state index contributed by atoms with van der Waals surface area (Å²) in [6.45, 7) is 4.22. The quantitative estimate of drug-likeness (QED) is 0.543. The molecule has 24 heavy (non-hydrogen) atoms. The van der Waals surface area contributed by atoms with E-state index in [1.54, 1.807) is 6.21 Å². The van der Waals surface area contributed by atoms with Crippen LogP contribution in [0.15, 0.2) is 40.1 Å². The van der Waals surface area contributed by atoms with Crippen LogP contribution in [0.3, 0.4) is 0 Å². The zero-order valence-electron chi connectivity index (χ0n) is 13.1. The van der Waals surface area contributed by atoms with Gasteiger partial charge in [0, 0.05) is 5.02 Å². The van der Waals surface area contributed by atoms with E-state index >= 15 is 0 Å². The van der Waals surface area contributed by atoms with E-state index in [0.29, 0.717) is 22.9 Å². The third-order valence-electron chi connectivity index (χ3n) is 3.32. The Hall–Kier alpha value is -2.38. The molecule has 0 spiro atoms. The van der Waals surface area contributed by atoms with E-state index in [4.69, 9.17) is 33.0 Å². The highest BCUT2D eigenvalue weighted by Crippen LogP contribution is 2.26. The summed E-state index contributed by atoms with van der Waals surface area (Å²) in [6.07, 6.45) is 3.04. The second-order valence-corrected chi connectivity index (χ2v) is 5.98. The summed E-state index contributed by atoms with van der Waals surface area (Å²) in [7, 11) is 0. The standard InChI is InChI=1S/C16H15ClN4O2S/c1-10-5-14(6-11(2)15(10)17)22-8-13-4-3-12(23-13)7-19-21-9-18-20-16(21)24/h3-7,9H,8H2,1-2H3,(H,20,24)/b19-7+. The smallest absolute Gasteiger partial charge is 0.216 e. The Morgan fingerprint density at radius 1 is 1.38 bits per heavy atom. The summed E-state index contributed by atoms with van der Waals surface area (Å²) in [5.41, 5.74) is 1.96. The van der Waals surface area contributed by atoms with Gasteiger partial charge in [-0.05, 0) is 61.5 Å². The molecule has 0 radical (unpaired) electrons. The average Bonchev–Trinajstić information content (AvgIpc) is 3.17. The molecule has 124 valence electrons. The highest BCUT2D eigenvalue weighted by Gasteiger charge is 2.06. The van der Waals surface area contributed by atoms with Crippen LogP contribution in [0.1, 0.15) is 22.6 Å². The molecule has 0 saturated carbocycles. The number of H-pyrrole nitrogens is 1. The number of nitrogens with zero attached hydrogens (tertiary/aromatic N) is 3. The molecule has 0 aliphatic carbocycles. The fourth-order valence-corrected chi connectivity index (χ4v) is 2.39. The van der Waals surface area contributed by atoms with Crippen molar-refractivity contribution in [1.29, 1.82) is 0 Å². The lowest BCUT2D eigenvalue weighted by Crippen LogP contribution is -1.95. The number of hydrogen-bond acceptors (Lipinski definition) is 5. The van der Waals surface area contributed by atoms with E-state index in [-0.39, 0.29) is 0 Å². The van der Waals surface area contributed by atoms with Crippen molar-refractivity contribution in [2.75, 3.05) is 0 Å². The van der Waals surface area contributed by atoms with Crippen molar-refractivity contribution < 1.29 is 9.15 Å². The molecule has 0 saturated heterocycles. The number of aryl methyl sites for hydroxylation is 2. The number of hydrogen-bond donors (Lipinski definition) is 1. The Bertz CT molecular complexity index is 918. The molecular formula is C16H15ClN4O2S. The molecule has 0 fully saturated rings. The topological polar surface area (TPSA) is 68.3 Å². The molecule has 3 rings (SSSR count). The van der Waals surface area contributed by atoms with Gasteiger partial charge in [0.15, 0.2) is 0 Å². The monoisotopic (exact) mass is 362 g/mol. The van der Waals surface area contributed by atoms with E-state index in [1.165, 1.54) is 11.0 Å². The van der Waals surface area contributed by atoms with Gasteiger partial charge in [0.25, 0.3) is 0 Å². The Labute approximate surface area is 148 Å². The van der Waals surface area contributed by atoms with Crippen molar-refractivity contribution in [3.8, 4) is 5.75 Å². The van der Waals surface area contributed by atoms with Gasteiger partial charge < -0.3 is 9.15 Å². The average molecular weight is 363 g/mol. The molecule has 0 unspecified atom stereocenters. The first-order chi connectivity index (χ1) is 11.5. The first-order valence-electron chi connectivity index (χ1n) is 7.17. The fourth-order valence-electron chi connectivity index (χ4n) is 2.13. The van der Waals surface area contributed by atoms with Crippen molar-refractivity contribution >= 4 is 30.0 Å². The zero-order valence-corrected chi connectivity index (χ0v) is 14.7. The Morgan fingerprint density at radius 3 is 2.79 bits per heavy atom. The number of aromatic amines is 1. The normalized spacial score (nSPS) is 11.3. The predicted molar refractivity (Wildman–Crippen MR) is 94.4 cm³/mol. The minimum atomic E-state index is 0.319. The number of benzene rings is 1. The van der Waals surface area contributed by atoms with Gasteiger partial charge in [0.1, 0.15) is 30.2 Å². The summed E-state index contributed by atoms with van der Waals surface area (Å²) < 4.78 is 13.3. The predicted octanol–water partition coefficient (Wildman–Crippen LogP) is 4.27. The SMILES string of the molecule is Cc1cc(OCc2ccc(/C=N/n3cn[nH]c3=S)o2)cc(C)c1Cl. The lowest BCUT2D eigenvalue weighted by atomic mass is 10.1. The van der Waals surface area contributed by atoms with Crippen LogP contribution >= 0.6 is 23.8 Å². The Kier molecular flexibility index (Phi) is 4.82. The van der Waals surface area contributed by atoms with Crippen LogP contribution in [-0.2, 0) is 6.61 Å². The molecular weight excluding hydrogens is 348 g/mol. The lowest BCUT2D eigenvalue weighted by molar-refractivity contribution is 0.269. The van der Waals surface area contributed by atoms with Gasteiger partial charge in [-0.3, -0.25) is 5.10 Å². The lowest BCUT2D eigenvalue weighted by Gasteiger charge is -2.08. The maximum atomic E-state index is 6.15. The summed E-state index contributed by atoms with van der Waals surface area (Å²) in [4.78, 5) is 0. The summed E-state index contributed by atoms with van der Waals surface area (Å²) >= 11 is 11.2. The van der Waals surface area contributed by atoms with E-state index in [0.717, 1.165) is 21.9 Å². The van der Waals surface area contributed by atoms with Crippen LogP contribution in [-0.4, -0.2) is 21.1 Å². The Morgan fingerprint density at radius 2 is 2.12 bits per heavy atom. The highest BCUT2D eigenvalue weighted by molar-refractivity contribution is 7.71. The van der Waals surface area contributed by atoms with E-state index in [2.05, 4.69) is 15.3 Å². The molecule has 2 aromatic heterocycles. The molecule has 2 heterocycles. The summed E-state index contributed by atoms with van der Waals surface area (Å²) in [5, 5.41) is 11.3. The molecule has 6 nitrogen and oxygen atoms in total. The van der Waals surface area contributed by atoms with Gasteiger partial charge >= 0.3 is 0 Å². The molecule has 0 amide bonds. The molecule has 3 aromatic rings. The van der Waals surface area contributed by atoms with Gasteiger partial charge in [-0.1, -0.05) is 11.6 Å². The third kappa shape index (κ3) is 3.74. The Balaban J connectivity index is 1.65. The number of ether oxygens (including phenoxy) is 1. The summed E-state index contributed by atoms with van der Waals surface area (Å²) in [6, 6.07) is 7.46. The first kappa shape index (κ1) is 16.5. The number of halogens is 1. The van der Waals surface area contributed by atoms with Crippen LogP contribution < -0.4 is 4.74 Å². The van der Waals surface area contributed by atoms with Crippen molar-refractivity contribution in [2.24, 2.45) is 5.10 Å². The van der Waals surface area contributed by atoms with Gasteiger partial charge in [0.2, 0.25) is 4.77 Å². The van der Waals surface area contributed by atoms with Gasteiger partial charge in [-0.2, -0.15) is 14.9 Å². The van der Waals surface area contributed by atoms with Crippen molar-refractivity contribution in [2.45, 2.75) is 20.5 Å². The van der Waals surface area contributed by atoms with E-state index < -0.39 is 0 Å². The minimum Gasteiger partial charge on any atom is -0.486 e. The third-order valence-corrected chi connectivity index (χ3v) is 4.19. The minimum absolute atomic E-state index is 0.319. The maximum absolute atomic E-state index is 6.15. The molecule has 1 aromatic carbocycles. The van der Waals surface area contributed by atoms with Gasteiger partial charge in [-0.25, -0.2) is 0 Å². The molecule has 0 aliphatic heterocycles. The van der Waals surface area contributed by atoms with Crippen LogP contribution in [0.2, 0.25) is 5.02 Å². The molecule has 1 N–H and O–H groups in total. The first-order valence-corrected chi connectivity index (χ1v) is 7.96. The van der Waals surface area contributed by atoms with Crippen molar-refractivity contribution in [3.05, 3.63) is 63.0 Å². The van der Waals surface area contributed by atoms with Crippen LogP contribution in [0.25, 0.3) is 0 Å². The van der Waals surface area contributed by atoms with E-state index in [1.807, 2.05) is 38.1 Å². The van der Waals surface area contributed by atoms with Crippen molar-refractivity contribution in [1.82, 2.24) is 14.9 Å². The second kappa shape index (κ2) is 7.02. The van der Waals surface area contributed by atoms with E-state index in [9.17, 15) is 0 Å². The second-order valence-electron chi connectivity index (χ2n) is 5.21. The number of rotatable bonds is 5. The number of furan rings is 1. The van der Waals surface area contributed by atoms with Crippen LogP contribution in [0, 0.1) is 18.6 Å². The molecule has 0 aliphatic rings. The number of nitrogens with one attached hydrogen (secondary N) is 1. The van der Waals surface area contributed by atoms with Crippen molar-refractivity contribution in [3.63, 3.8) is 0 Å². The van der Waals surface area contributed by atoms with Gasteiger partial charge in [0.05, 0.1) is 6.21 Å².